The zero-order chi connectivity index (χ0) is 13.8. The average Bonchev–Trinajstić information content (AvgIpc) is 2.93. The van der Waals surface area contributed by atoms with Gasteiger partial charge in [-0.1, -0.05) is 31.2 Å². The van der Waals surface area contributed by atoms with Gasteiger partial charge >= 0.3 is 0 Å². The Kier molecular flexibility index (Phi) is 4.05. The van der Waals surface area contributed by atoms with Crippen molar-refractivity contribution in [3.63, 3.8) is 0 Å². The fraction of sp³-hybridized carbons (Fsp3) is 0.471. The van der Waals surface area contributed by atoms with Crippen LogP contribution in [0.15, 0.2) is 36.7 Å². The van der Waals surface area contributed by atoms with E-state index in [4.69, 9.17) is 4.74 Å². The van der Waals surface area contributed by atoms with Crippen molar-refractivity contribution in [1.82, 2.24) is 9.78 Å². The van der Waals surface area contributed by atoms with Crippen molar-refractivity contribution in [2.75, 3.05) is 6.61 Å². The maximum absolute atomic E-state index is 5.95. The summed E-state index contributed by atoms with van der Waals surface area (Å²) in [5.41, 5.74) is 2.97. The van der Waals surface area contributed by atoms with Crippen molar-refractivity contribution in [1.29, 1.82) is 0 Å². The van der Waals surface area contributed by atoms with Gasteiger partial charge in [0.15, 0.2) is 5.75 Å². The summed E-state index contributed by atoms with van der Waals surface area (Å²) in [6.07, 6.45) is 8.61. The lowest BCUT2D eigenvalue weighted by Gasteiger charge is -2.25. The summed E-state index contributed by atoms with van der Waals surface area (Å²) in [5, 5.41) is 4.31. The van der Waals surface area contributed by atoms with Crippen LogP contribution in [0.2, 0.25) is 0 Å². The van der Waals surface area contributed by atoms with E-state index >= 15 is 0 Å². The minimum absolute atomic E-state index is 0.523. The molecular weight excluding hydrogens is 248 g/mol. The lowest BCUT2D eigenvalue weighted by atomic mass is 9.83. The van der Waals surface area contributed by atoms with Crippen LogP contribution in [0, 0.1) is 0 Å². The Bertz CT molecular complexity index is 562. The van der Waals surface area contributed by atoms with Crippen molar-refractivity contribution in [2.24, 2.45) is 0 Å². The first-order chi connectivity index (χ1) is 9.86. The number of aryl methyl sites for hydroxylation is 2. The minimum Gasteiger partial charge on any atom is -0.490 e. The molecule has 1 heterocycles. The number of nitrogens with zero attached hydrogens (tertiary/aromatic N) is 2. The monoisotopic (exact) mass is 270 g/mol. The Morgan fingerprint density at radius 2 is 2.25 bits per heavy atom. The zero-order valence-corrected chi connectivity index (χ0v) is 12.1. The first-order valence-electron chi connectivity index (χ1n) is 7.60. The highest BCUT2D eigenvalue weighted by Gasteiger charge is 2.20. The van der Waals surface area contributed by atoms with Gasteiger partial charge in [-0.15, -0.1) is 0 Å². The van der Waals surface area contributed by atoms with Gasteiger partial charge in [0, 0.05) is 12.5 Å². The summed E-state index contributed by atoms with van der Waals surface area (Å²) >= 11 is 0. The van der Waals surface area contributed by atoms with Gasteiger partial charge in [0.25, 0.3) is 0 Å². The van der Waals surface area contributed by atoms with Crippen molar-refractivity contribution in [3.8, 4) is 5.75 Å². The van der Waals surface area contributed by atoms with Crippen molar-refractivity contribution >= 4 is 0 Å². The molecular formula is C17H22N2O. The molecule has 0 aliphatic heterocycles. The fourth-order valence-corrected chi connectivity index (χ4v) is 3.00. The van der Waals surface area contributed by atoms with Crippen LogP contribution in [-0.2, 0) is 13.0 Å². The highest BCUT2D eigenvalue weighted by molar-refractivity contribution is 5.32. The summed E-state index contributed by atoms with van der Waals surface area (Å²) < 4.78 is 7.89. The van der Waals surface area contributed by atoms with E-state index in [2.05, 4.69) is 36.3 Å². The second-order valence-electron chi connectivity index (χ2n) is 5.54. The molecule has 0 saturated carbocycles. The highest BCUT2D eigenvalue weighted by atomic mass is 16.5. The second kappa shape index (κ2) is 6.12. The lowest BCUT2D eigenvalue weighted by Crippen LogP contribution is -2.16. The Balaban J connectivity index is 1.64. The average molecular weight is 270 g/mol. The van der Waals surface area contributed by atoms with E-state index in [9.17, 15) is 0 Å². The Labute approximate surface area is 120 Å². The van der Waals surface area contributed by atoms with Gasteiger partial charge < -0.3 is 4.74 Å². The minimum atomic E-state index is 0.523. The van der Waals surface area contributed by atoms with E-state index in [1.165, 1.54) is 30.4 Å². The smallest absolute Gasteiger partial charge is 0.157 e. The summed E-state index contributed by atoms with van der Waals surface area (Å²) in [6.45, 7) is 3.87. The number of rotatable bonds is 5. The Morgan fingerprint density at radius 1 is 1.35 bits per heavy atom. The van der Waals surface area contributed by atoms with E-state index in [1.54, 1.807) is 0 Å². The zero-order valence-electron chi connectivity index (χ0n) is 12.1. The molecule has 3 nitrogen and oxygen atoms in total. The number of benzene rings is 1. The summed E-state index contributed by atoms with van der Waals surface area (Å²) in [4.78, 5) is 0. The van der Waals surface area contributed by atoms with Crippen LogP contribution < -0.4 is 4.74 Å². The topological polar surface area (TPSA) is 27.1 Å². The van der Waals surface area contributed by atoms with Crippen LogP contribution in [0.25, 0.3) is 0 Å². The largest absolute Gasteiger partial charge is 0.490 e. The van der Waals surface area contributed by atoms with Crippen molar-refractivity contribution < 1.29 is 4.74 Å². The third kappa shape index (κ3) is 2.87. The molecule has 0 spiro atoms. The van der Waals surface area contributed by atoms with Crippen LogP contribution in [-0.4, -0.2) is 16.4 Å². The molecule has 0 fully saturated rings. The van der Waals surface area contributed by atoms with Crippen LogP contribution in [0.5, 0.6) is 5.75 Å². The summed E-state index contributed by atoms with van der Waals surface area (Å²) in [5.74, 6) is 1.41. The first kappa shape index (κ1) is 13.2. The molecule has 3 heteroatoms. The molecule has 0 bridgehead atoms. The Morgan fingerprint density at radius 3 is 3.15 bits per heavy atom. The molecule has 0 saturated heterocycles. The molecule has 1 atom stereocenters. The van der Waals surface area contributed by atoms with E-state index in [-0.39, 0.29) is 0 Å². The normalized spacial score (nSPS) is 17.8. The van der Waals surface area contributed by atoms with Gasteiger partial charge in [0.2, 0.25) is 0 Å². The van der Waals surface area contributed by atoms with Gasteiger partial charge in [0.05, 0.1) is 19.0 Å². The van der Waals surface area contributed by atoms with E-state index < -0.39 is 0 Å². The van der Waals surface area contributed by atoms with Crippen LogP contribution in [0.1, 0.15) is 43.2 Å². The first-order valence-corrected chi connectivity index (χ1v) is 7.60. The van der Waals surface area contributed by atoms with Gasteiger partial charge in [-0.05, 0) is 36.8 Å². The number of ether oxygens (including phenoxy) is 1. The SMILES string of the molecule is CCCn1cc(OCC2CCCc3ccccc32)cn1. The van der Waals surface area contributed by atoms with Gasteiger partial charge in [0.1, 0.15) is 0 Å². The number of fused-ring (bicyclic) bond motifs is 1. The number of aromatic nitrogens is 2. The standard InChI is InChI=1S/C17H22N2O/c1-2-10-19-12-16(11-18-19)20-13-15-8-5-7-14-6-3-4-9-17(14)15/h3-4,6,9,11-12,15H,2,5,7-8,10,13H2,1H3. The number of hydrogen-bond donors (Lipinski definition) is 0. The molecule has 1 aromatic carbocycles. The molecule has 106 valence electrons. The predicted octanol–water partition coefficient (Wildman–Crippen LogP) is 3.79. The molecule has 0 N–H and O–H groups in total. The third-order valence-electron chi connectivity index (χ3n) is 4.01. The quantitative estimate of drug-likeness (QED) is 0.826. The molecule has 1 aliphatic carbocycles. The Hall–Kier alpha value is -1.77. The molecule has 0 amide bonds. The summed E-state index contributed by atoms with van der Waals surface area (Å²) in [6, 6.07) is 8.77. The molecule has 1 unspecified atom stereocenters. The van der Waals surface area contributed by atoms with Crippen LogP contribution in [0.4, 0.5) is 0 Å². The molecule has 3 rings (SSSR count). The third-order valence-corrected chi connectivity index (χ3v) is 4.01. The van der Waals surface area contributed by atoms with Gasteiger partial charge in [-0.3, -0.25) is 4.68 Å². The molecule has 1 aliphatic rings. The molecule has 0 radical (unpaired) electrons. The van der Waals surface area contributed by atoms with Gasteiger partial charge in [-0.2, -0.15) is 5.10 Å². The van der Waals surface area contributed by atoms with Crippen LogP contribution >= 0.6 is 0 Å². The molecule has 1 aromatic heterocycles. The molecule has 2 aromatic rings. The van der Waals surface area contributed by atoms with E-state index in [1.807, 2.05) is 17.1 Å². The van der Waals surface area contributed by atoms with Crippen molar-refractivity contribution in [2.45, 2.75) is 45.1 Å². The summed E-state index contributed by atoms with van der Waals surface area (Å²) in [7, 11) is 0. The van der Waals surface area contributed by atoms with E-state index in [0.717, 1.165) is 25.3 Å². The maximum Gasteiger partial charge on any atom is 0.157 e. The highest BCUT2D eigenvalue weighted by Crippen LogP contribution is 2.31. The lowest BCUT2D eigenvalue weighted by molar-refractivity contribution is 0.274. The van der Waals surface area contributed by atoms with Gasteiger partial charge in [-0.25, -0.2) is 0 Å². The van der Waals surface area contributed by atoms with Crippen LogP contribution in [0.3, 0.4) is 0 Å². The second-order valence-corrected chi connectivity index (χ2v) is 5.54. The predicted molar refractivity (Wildman–Crippen MR) is 80.1 cm³/mol. The maximum atomic E-state index is 5.95. The van der Waals surface area contributed by atoms with E-state index in [0.29, 0.717) is 5.92 Å². The molecule has 20 heavy (non-hydrogen) atoms. The van der Waals surface area contributed by atoms with Crippen molar-refractivity contribution in [3.05, 3.63) is 47.8 Å². The number of hydrogen-bond acceptors (Lipinski definition) is 2. The fourth-order valence-electron chi connectivity index (χ4n) is 3.00.